The largest absolute Gasteiger partial charge is 0.417 e. The molecule has 212 valence electrons. The molecule has 2 amide bonds. The molecule has 1 saturated heterocycles. The minimum Gasteiger partial charge on any atom is -0.367 e. The number of amides is 2. The number of primary amides is 1. The number of carbonyl (C=O) groups excluding carboxylic acids is 2. The number of alkyl halides is 3. The van der Waals surface area contributed by atoms with Gasteiger partial charge in [-0.2, -0.15) is 13.2 Å². The van der Waals surface area contributed by atoms with Crippen molar-refractivity contribution in [3.63, 3.8) is 0 Å². The topological polar surface area (TPSA) is 78.7 Å². The van der Waals surface area contributed by atoms with Crippen molar-refractivity contribution in [1.29, 1.82) is 0 Å². The van der Waals surface area contributed by atoms with Crippen molar-refractivity contribution in [1.82, 2.24) is 4.90 Å². The van der Waals surface area contributed by atoms with E-state index in [0.29, 0.717) is 43.9 Å². The van der Waals surface area contributed by atoms with Gasteiger partial charge >= 0.3 is 6.18 Å². The van der Waals surface area contributed by atoms with E-state index in [1.54, 1.807) is 4.90 Å². The van der Waals surface area contributed by atoms with Crippen molar-refractivity contribution in [3.8, 4) is 11.1 Å². The number of hydrogen-bond donors (Lipinski definition) is 2. The zero-order valence-corrected chi connectivity index (χ0v) is 21.2. The second-order valence-electron chi connectivity index (χ2n) is 9.45. The van der Waals surface area contributed by atoms with Crippen molar-refractivity contribution in [3.05, 3.63) is 82.4 Å². The van der Waals surface area contributed by atoms with Crippen LogP contribution >= 0.6 is 0 Å². The SMILES string of the molecule is CC1CN(c2cc(F)c(-c3cc(F)c(C(N)=O)c(F)c3)cc2NC(=O)c2ccc(F)cc2C(F)(F)F)CCN1C. The van der Waals surface area contributed by atoms with Crippen LogP contribution in [0, 0.1) is 23.3 Å². The summed E-state index contributed by atoms with van der Waals surface area (Å²) in [6, 6.07) is 4.89. The van der Waals surface area contributed by atoms with Gasteiger partial charge in [0, 0.05) is 31.2 Å². The molecule has 1 unspecified atom stereocenters. The fourth-order valence-corrected chi connectivity index (χ4v) is 4.52. The monoisotopic (exact) mass is 568 g/mol. The minimum absolute atomic E-state index is 0.0153. The Kier molecular flexibility index (Phi) is 7.79. The number of anilines is 2. The molecule has 1 heterocycles. The van der Waals surface area contributed by atoms with Crippen LogP contribution in [0.1, 0.15) is 33.2 Å². The molecule has 1 aliphatic rings. The number of carbonyl (C=O) groups is 2. The van der Waals surface area contributed by atoms with Crippen LogP contribution in [0.3, 0.4) is 0 Å². The maximum absolute atomic E-state index is 15.4. The van der Waals surface area contributed by atoms with E-state index in [1.807, 2.05) is 18.9 Å². The van der Waals surface area contributed by atoms with Gasteiger partial charge in [-0.3, -0.25) is 9.59 Å². The molecule has 3 N–H and O–H groups in total. The number of likely N-dealkylation sites (N-methyl/N-ethyl adjacent to an activating group) is 1. The van der Waals surface area contributed by atoms with Crippen LogP contribution in [0.5, 0.6) is 0 Å². The predicted octanol–water partition coefficient (Wildman–Crippen LogP) is 5.42. The molecule has 0 aliphatic carbocycles. The van der Waals surface area contributed by atoms with Crippen LogP contribution < -0.4 is 16.0 Å². The first-order valence-electron chi connectivity index (χ1n) is 11.9. The van der Waals surface area contributed by atoms with E-state index >= 15 is 4.39 Å². The number of nitrogens with two attached hydrogens (primary N) is 1. The summed E-state index contributed by atoms with van der Waals surface area (Å²) in [5.41, 5.74) is 0.736. The average Bonchev–Trinajstić information content (AvgIpc) is 2.85. The standard InChI is InChI=1S/C27H23F7N4O2/c1-13-12-38(6-5-37(13)2)23-11-19(29)17(14-7-20(30)24(25(35)39)21(31)8-14)10-22(23)36-26(40)16-4-3-15(28)9-18(16)27(32,33)34/h3-4,7-11,13H,5-6,12H2,1-2H3,(H2,35,39)(H,36,40). The summed E-state index contributed by atoms with van der Waals surface area (Å²) in [5.74, 6) is -7.52. The van der Waals surface area contributed by atoms with Crippen molar-refractivity contribution < 1.29 is 40.3 Å². The van der Waals surface area contributed by atoms with E-state index < -0.39 is 63.5 Å². The lowest BCUT2D eigenvalue weighted by Gasteiger charge is -2.39. The fourth-order valence-electron chi connectivity index (χ4n) is 4.52. The second-order valence-corrected chi connectivity index (χ2v) is 9.45. The van der Waals surface area contributed by atoms with Crippen LogP contribution in [0.15, 0.2) is 42.5 Å². The van der Waals surface area contributed by atoms with Gasteiger partial charge in [-0.05, 0) is 62.0 Å². The molecule has 3 aromatic carbocycles. The summed E-state index contributed by atoms with van der Waals surface area (Å²) in [4.78, 5) is 28.2. The van der Waals surface area contributed by atoms with Gasteiger partial charge in [0.2, 0.25) is 0 Å². The molecular formula is C27H23F7N4O2. The van der Waals surface area contributed by atoms with Gasteiger partial charge < -0.3 is 20.9 Å². The minimum atomic E-state index is -5.06. The highest BCUT2D eigenvalue weighted by molar-refractivity contribution is 6.07. The average molecular weight is 568 g/mol. The van der Waals surface area contributed by atoms with E-state index in [4.69, 9.17) is 5.73 Å². The van der Waals surface area contributed by atoms with Crippen LogP contribution in [0.25, 0.3) is 11.1 Å². The summed E-state index contributed by atoms with van der Waals surface area (Å²) in [6.45, 7) is 3.16. The van der Waals surface area contributed by atoms with Gasteiger partial charge in [0.15, 0.2) is 0 Å². The highest BCUT2D eigenvalue weighted by atomic mass is 19.4. The van der Waals surface area contributed by atoms with Gasteiger partial charge in [0.05, 0.1) is 22.5 Å². The molecule has 1 fully saturated rings. The van der Waals surface area contributed by atoms with Crippen molar-refractivity contribution in [2.75, 3.05) is 36.9 Å². The third-order valence-electron chi connectivity index (χ3n) is 6.77. The molecule has 4 rings (SSSR count). The predicted molar refractivity (Wildman–Crippen MR) is 134 cm³/mol. The highest BCUT2D eigenvalue weighted by Gasteiger charge is 2.36. The molecule has 0 aromatic heterocycles. The molecule has 40 heavy (non-hydrogen) atoms. The quantitative estimate of drug-likeness (QED) is 0.403. The first-order valence-corrected chi connectivity index (χ1v) is 11.9. The van der Waals surface area contributed by atoms with Gasteiger partial charge in [0.25, 0.3) is 11.8 Å². The number of nitrogens with one attached hydrogen (secondary N) is 1. The summed E-state index contributed by atoms with van der Waals surface area (Å²) < 4.78 is 98.6. The van der Waals surface area contributed by atoms with Crippen molar-refractivity contribution in [2.45, 2.75) is 19.1 Å². The Bertz CT molecular complexity index is 1470. The van der Waals surface area contributed by atoms with E-state index in [2.05, 4.69) is 5.32 Å². The van der Waals surface area contributed by atoms with Gasteiger partial charge in [-0.1, -0.05) is 0 Å². The number of piperazine rings is 1. The molecule has 1 atom stereocenters. The Morgan fingerprint density at radius 2 is 1.60 bits per heavy atom. The van der Waals surface area contributed by atoms with E-state index in [-0.39, 0.29) is 29.0 Å². The molecule has 6 nitrogen and oxygen atoms in total. The third-order valence-corrected chi connectivity index (χ3v) is 6.77. The number of halogens is 7. The summed E-state index contributed by atoms with van der Waals surface area (Å²) in [6.07, 6.45) is -5.06. The van der Waals surface area contributed by atoms with Crippen LogP contribution in [0.2, 0.25) is 0 Å². The second kappa shape index (κ2) is 10.8. The van der Waals surface area contributed by atoms with Crippen LogP contribution in [0.4, 0.5) is 42.1 Å². The normalized spacial score (nSPS) is 16.2. The van der Waals surface area contributed by atoms with Gasteiger partial charge in [-0.25, -0.2) is 17.6 Å². The molecule has 3 aromatic rings. The first kappa shape index (κ1) is 28.9. The summed E-state index contributed by atoms with van der Waals surface area (Å²) >= 11 is 0. The number of rotatable bonds is 5. The summed E-state index contributed by atoms with van der Waals surface area (Å²) in [5, 5.41) is 2.33. The molecule has 1 aliphatic heterocycles. The Morgan fingerprint density at radius 3 is 2.17 bits per heavy atom. The summed E-state index contributed by atoms with van der Waals surface area (Å²) in [7, 11) is 1.88. The molecule has 0 spiro atoms. The lowest BCUT2D eigenvalue weighted by Crippen LogP contribution is -2.50. The maximum atomic E-state index is 15.4. The zero-order chi connectivity index (χ0) is 29.5. The Hall–Kier alpha value is -4.13. The van der Waals surface area contributed by atoms with Crippen LogP contribution in [-0.4, -0.2) is 49.4 Å². The van der Waals surface area contributed by atoms with Gasteiger partial charge in [-0.15, -0.1) is 0 Å². The third kappa shape index (κ3) is 5.74. The molecule has 0 bridgehead atoms. The molecule has 0 saturated carbocycles. The molecule has 13 heteroatoms. The van der Waals surface area contributed by atoms with Crippen LogP contribution in [-0.2, 0) is 6.18 Å². The van der Waals surface area contributed by atoms with E-state index in [9.17, 15) is 35.9 Å². The maximum Gasteiger partial charge on any atom is 0.417 e. The Morgan fingerprint density at radius 1 is 0.950 bits per heavy atom. The molecule has 0 radical (unpaired) electrons. The van der Waals surface area contributed by atoms with E-state index in [1.165, 1.54) is 0 Å². The molecular weight excluding hydrogens is 545 g/mol. The number of hydrogen-bond acceptors (Lipinski definition) is 4. The first-order chi connectivity index (χ1) is 18.7. The Balaban J connectivity index is 1.84. The Labute approximate surface area is 224 Å². The highest BCUT2D eigenvalue weighted by Crippen LogP contribution is 2.38. The number of nitrogens with zero attached hydrogens (tertiary/aromatic N) is 2. The van der Waals surface area contributed by atoms with Crippen molar-refractivity contribution >= 4 is 23.2 Å². The zero-order valence-electron chi connectivity index (χ0n) is 21.2. The smallest absolute Gasteiger partial charge is 0.367 e. The number of benzene rings is 3. The van der Waals surface area contributed by atoms with E-state index in [0.717, 1.165) is 12.1 Å². The fraction of sp³-hybridized carbons (Fsp3) is 0.259. The van der Waals surface area contributed by atoms with Gasteiger partial charge in [0.1, 0.15) is 28.8 Å². The van der Waals surface area contributed by atoms with Crippen molar-refractivity contribution in [2.24, 2.45) is 5.73 Å². The lowest BCUT2D eigenvalue weighted by atomic mass is 9.99. The lowest BCUT2D eigenvalue weighted by molar-refractivity contribution is -0.138.